The first-order valence-corrected chi connectivity index (χ1v) is 17.0. The second kappa shape index (κ2) is 12.4. The highest BCUT2D eigenvalue weighted by atomic mass is 15.0. The van der Waals surface area contributed by atoms with Crippen molar-refractivity contribution < 1.29 is 0 Å². The van der Waals surface area contributed by atoms with E-state index < -0.39 is 0 Å². The molecule has 11 heteroatoms. The van der Waals surface area contributed by atoms with Gasteiger partial charge in [-0.05, 0) is 58.7 Å². The molecule has 2 heterocycles. The molecule has 0 atom stereocenters. The van der Waals surface area contributed by atoms with Crippen LogP contribution in [0.3, 0.4) is 0 Å². The van der Waals surface area contributed by atoms with Crippen LogP contribution in [0.1, 0.15) is 0 Å². The first kappa shape index (κ1) is 33.6. The van der Waals surface area contributed by atoms with Gasteiger partial charge in [0, 0.05) is 32.9 Å². The molecule has 0 N–H and O–H groups in total. The molecular formula is C42H19B9N2. The largest absolute Gasteiger partial charge is 0.310 e. The monoisotopic (exact) mass is 650 g/mol. The van der Waals surface area contributed by atoms with E-state index >= 15 is 0 Å². The number of aromatic nitrogens is 2. The van der Waals surface area contributed by atoms with Crippen molar-refractivity contribution in [1.82, 2.24) is 9.13 Å². The maximum Gasteiger partial charge on any atom is 0.115 e. The summed E-state index contributed by atoms with van der Waals surface area (Å²) in [6.45, 7) is 0. The molecule has 0 saturated carbocycles. The third kappa shape index (κ3) is 4.86. The van der Waals surface area contributed by atoms with Gasteiger partial charge in [-0.2, -0.15) is 0 Å². The first-order valence-electron chi connectivity index (χ1n) is 17.0. The highest BCUT2D eigenvalue weighted by molar-refractivity contribution is 6.70. The van der Waals surface area contributed by atoms with Crippen molar-refractivity contribution in [2.45, 2.75) is 0 Å². The van der Waals surface area contributed by atoms with Crippen molar-refractivity contribution in [2.24, 2.45) is 0 Å². The molecule has 224 valence electrons. The molecule has 53 heavy (non-hydrogen) atoms. The molecule has 0 aliphatic rings. The fourth-order valence-corrected chi connectivity index (χ4v) is 7.83. The molecular weight excluding hydrogens is 630 g/mol. The molecule has 0 amide bonds. The Morgan fingerprint density at radius 1 is 0.302 bits per heavy atom. The van der Waals surface area contributed by atoms with E-state index in [9.17, 15) is 0 Å². The molecule has 0 spiro atoms. The molecule has 18 radical (unpaired) electrons. The summed E-state index contributed by atoms with van der Waals surface area (Å²) in [6.07, 6.45) is 0. The molecule has 9 aromatic rings. The van der Waals surface area contributed by atoms with E-state index in [-0.39, 0.29) is 60.3 Å². The highest BCUT2D eigenvalue weighted by Gasteiger charge is 2.24. The second-order valence-electron chi connectivity index (χ2n) is 13.3. The Kier molecular flexibility index (Phi) is 7.86. The number of benzene rings is 7. The van der Waals surface area contributed by atoms with E-state index in [0.29, 0.717) is 5.69 Å². The topological polar surface area (TPSA) is 9.86 Å². The number of nitrogens with zero attached hydrogens (tertiary/aromatic N) is 2. The summed E-state index contributed by atoms with van der Waals surface area (Å²) in [5.41, 5.74) is 8.92. The molecule has 0 unspecified atom stereocenters. The van der Waals surface area contributed by atoms with Crippen molar-refractivity contribution >= 4 is 163 Å². The standard InChI is InChI=1S/C42H19B9N2/c43-33-31(34(44)38(48)39(49)37(33)47)32-35(45)40(50)42(41(51)36(32)46)53-28-13-7-5-11-24(28)26-18-25-23-10-4-6-12-27(23)52(29(25)19-30(26)53)22-16-14-21(15-17-22)20-8-2-1-3-9-20/h1-19H. The van der Waals surface area contributed by atoms with Crippen LogP contribution in [0.5, 0.6) is 0 Å². The van der Waals surface area contributed by atoms with Gasteiger partial charge < -0.3 is 9.13 Å². The predicted octanol–water partition coefficient (Wildman–Crippen LogP) is 0.359. The van der Waals surface area contributed by atoms with E-state index in [4.69, 9.17) is 70.6 Å². The summed E-state index contributed by atoms with van der Waals surface area (Å²) >= 11 is 0. The van der Waals surface area contributed by atoms with Gasteiger partial charge in [-0.15, -0.1) is 16.4 Å². The fraction of sp³-hybridized carbons (Fsp3) is 0. The molecule has 9 rings (SSSR count). The van der Waals surface area contributed by atoms with Gasteiger partial charge in [0.2, 0.25) is 0 Å². The van der Waals surface area contributed by atoms with Gasteiger partial charge in [0.25, 0.3) is 0 Å². The van der Waals surface area contributed by atoms with Crippen LogP contribution in [0.2, 0.25) is 0 Å². The van der Waals surface area contributed by atoms with Gasteiger partial charge in [-0.1, -0.05) is 112 Å². The van der Waals surface area contributed by atoms with Crippen LogP contribution >= 0.6 is 0 Å². The molecule has 7 aromatic carbocycles. The Bertz CT molecular complexity index is 2920. The maximum atomic E-state index is 6.97. The number of fused-ring (bicyclic) bond motifs is 6. The van der Waals surface area contributed by atoms with Gasteiger partial charge in [0.15, 0.2) is 0 Å². The van der Waals surface area contributed by atoms with Crippen molar-refractivity contribution in [1.29, 1.82) is 0 Å². The zero-order valence-electron chi connectivity index (χ0n) is 28.6. The minimum Gasteiger partial charge on any atom is -0.310 e. The minimum atomic E-state index is 0.0585. The van der Waals surface area contributed by atoms with Gasteiger partial charge in [-0.25, -0.2) is 0 Å². The van der Waals surface area contributed by atoms with Crippen molar-refractivity contribution in [3.63, 3.8) is 0 Å². The third-order valence-electron chi connectivity index (χ3n) is 10.5. The normalized spacial score (nSPS) is 11.7. The molecule has 0 aliphatic carbocycles. The van der Waals surface area contributed by atoms with Crippen LogP contribution in [0.15, 0.2) is 115 Å². The van der Waals surface area contributed by atoms with Crippen LogP contribution in [0.25, 0.3) is 77.2 Å². The lowest BCUT2D eigenvalue weighted by molar-refractivity contribution is 1.17. The molecule has 2 aromatic heterocycles. The number of hydrogen-bond acceptors (Lipinski definition) is 0. The minimum absolute atomic E-state index is 0.0585. The van der Waals surface area contributed by atoms with Crippen molar-refractivity contribution in [3.8, 4) is 33.6 Å². The first-order chi connectivity index (χ1) is 25.6. The van der Waals surface area contributed by atoms with Crippen LogP contribution in [-0.2, 0) is 0 Å². The van der Waals surface area contributed by atoms with E-state index in [2.05, 4.69) is 83.4 Å². The average molecular weight is 649 g/mol. The molecule has 0 saturated heterocycles. The number of hydrogen-bond donors (Lipinski definition) is 0. The van der Waals surface area contributed by atoms with E-state index in [1.165, 1.54) is 0 Å². The quantitative estimate of drug-likeness (QED) is 0.244. The van der Waals surface area contributed by atoms with Crippen LogP contribution in [0.4, 0.5) is 0 Å². The summed E-state index contributed by atoms with van der Waals surface area (Å²) in [6, 6.07) is 39.8. The smallest absolute Gasteiger partial charge is 0.115 e. The maximum absolute atomic E-state index is 6.97. The second-order valence-corrected chi connectivity index (χ2v) is 13.3. The Hall–Kier alpha value is -5.28. The Morgan fingerprint density at radius 2 is 0.717 bits per heavy atom. The van der Waals surface area contributed by atoms with E-state index in [0.717, 1.165) is 60.4 Å². The molecule has 2 nitrogen and oxygen atoms in total. The summed E-state index contributed by atoms with van der Waals surface area (Å²) in [4.78, 5) is 0. The Labute approximate surface area is 320 Å². The van der Waals surface area contributed by atoms with Gasteiger partial charge in [0.1, 0.15) is 70.6 Å². The SMILES string of the molecule is [B]c1c([B])c([B])c(-c2c([B])c([B])c(-n3c4ccccc4c4cc5c6ccccc6n(-c6ccc(-c7ccccc7)cc6)c5cc43)c([B])c2[B])c([B])c1[B]. The lowest BCUT2D eigenvalue weighted by atomic mass is 9.56. The summed E-state index contributed by atoms with van der Waals surface area (Å²) in [7, 11) is 59.1. The third-order valence-corrected chi connectivity index (χ3v) is 10.5. The highest BCUT2D eigenvalue weighted by Crippen LogP contribution is 2.39. The lowest BCUT2D eigenvalue weighted by Crippen LogP contribution is -2.57. The van der Waals surface area contributed by atoms with Crippen molar-refractivity contribution in [3.05, 3.63) is 115 Å². The van der Waals surface area contributed by atoms with Crippen LogP contribution in [0, 0.1) is 0 Å². The van der Waals surface area contributed by atoms with Crippen molar-refractivity contribution in [2.75, 3.05) is 0 Å². The summed E-state index contributed by atoms with van der Waals surface area (Å²) in [5.74, 6) is 0. The Morgan fingerprint density at radius 3 is 1.26 bits per heavy atom. The van der Waals surface area contributed by atoms with E-state index in [1.54, 1.807) is 0 Å². The average Bonchev–Trinajstić information content (AvgIpc) is 3.68. The summed E-state index contributed by atoms with van der Waals surface area (Å²) < 4.78 is 4.30. The predicted molar refractivity (Wildman–Crippen MR) is 234 cm³/mol. The van der Waals surface area contributed by atoms with E-state index in [1.807, 2.05) is 41.0 Å². The van der Waals surface area contributed by atoms with Gasteiger partial charge in [0.05, 0.1) is 22.1 Å². The van der Waals surface area contributed by atoms with Gasteiger partial charge >= 0.3 is 0 Å². The molecule has 0 fully saturated rings. The number of rotatable bonds is 4. The molecule has 0 aliphatic heterocycles. The zero-order valence-corrected chi connectivity index (χ0v) is 28.6. The van der Waals surface area contributed by atoms with Crippen LogP contribution < -0.4 is 49.2 Å². The molecule has 0 bridgehead atoms. The van der Waals surface area contributed by atoms with Crippen LogP contribution in [-0.4, -0.2) is 79.8 Å². The fourth-order valence-electron chi connectivity index (χ4n) is 7.83. The lowest BCUT2D eigenvalue weighted by Gasteiger charge is -2.29. The summed E-state index contributed by atoms with van der Waals surface area (Å²) in [5, 5.41) is 4.23. The zero-order chi connectivity index (χ0) is 36.9. The number of para-hydroxylation sites is 2. The van der Waals surface area contributed by atoms with Gasteiger partial charge in [-0.3, -0.25) is 0 Å². The Balaban J connectivity index is 1.35.